The Morgan fingerprint density at radius 2 is 1.41 bits per heavy atom. The van der Waals surface area contributed by atoms with Gasteiger partial charge in [-0.2, -0.15) is 0 Å². The van der Waals surface area contributed by atoms with Gasteiger partial charge in [0.2, 0.25) is 0 Å². The van der Waals surface area contributed by atoms with Gasteiger partial charge in [0.25, 0.3) is 0 Å². The van der Waals surface area contributed by atoms with Gasteiger partial charge in [-0.15, -0.1) is 0 Å². The first-order chi connectivity index (χ1) is 18.6. The summed E-state index contributed by atoms with van der Waals surface area (Å²) in [6.45, 7) is 4.99. The summed E-state index contributed by atoms with van der Waals surface area (Å²) in [5.74, 6) is 7.51. The van der Waals surface area contributed by atoms with E-state index in [4.69, 9.17) is 4.74 Å². The Morgan fingerprint density at radius 1 is 0.795 bits per heavy atom. The fraction of sp³-hybridized carbons (Fsp3) is 0.353. The molecule has 4 aliphatic carbocycles. The van der Waals surface area contributed by atoms with Gasteiger partial charge in [0.1, 0.15) is 11.5 Å². The summed E-state index contributed by atoms with van der Waals surface area (Å²) < 4.78 is 6.12. The summed E-state index contributed by atoms with van der Waals surface area (Å²) in [6.07, 6.45) is 6.85. The maximum atomic E-state index is 11.5. The number of ether oxygens (including phenoxy) is 1. The number of benzene rings is 3. The quantitative estimate of drug-likeness (QED) is 0.343. The van der Waals surface area contributed by atoms with Crippen LogP contribution in [-0.2, 0) is 5.41 Å². The molecule has 4 saturated carbocycles. The summed E-state index contributed by atoms with van der Waals surface area (Å²) in [4.78, 5) is 22.8. The number of carbonyl (C=O) groups is 2. The van der Waals surface area contributed by atoms with Gasteiger partial charge in [0.15, 0.2) is 0 Å². The zero-order valence-electron chi connectivity index (χ0n) is 22.2. The fourth-order valence-electron chi connectivity index (χ4n) is 7.77. The number of rotatable bonds is 5. The highest BCUT2D eigenvalue weighted by atomic mass is 16.5. The van der Waals surface area contributed by atoms with Crippen molar-refractivity contribution < 1.29 is 24.5 Å². The van der Waals surface area contributed by atoms with E-state index in [0.29, 0.717) is 16.7 Å². The van der Waals surface area contributed by atoms with Crippen LogP contribution < -0.4 is 4.74 Å². The lowest BCUT2D eigenvalue weighted by atomic mass is 9.38. The molecule has 2 atom stereocenters. The van der Waals surface area contributed by atoms with Crippen LogP contribution in [-0.4, -0.2) is 22.2 Å². The van der Waals surface area contributed by atoms with Gasteiger partial charge in [-0.25, -0.2) is 9.59 Å². The summed E-state index contributed by atoms with van der Waals surface area (Å²) in [5, 5.41) is 18.6. The van der Waals surface area contributed by atoms with Crippen molar-refractivity contribution in [2.75, 3.05) is 0 Å². The molecule has 39 heavy (non-hydrogen) atoms. The lowest BCUT2D eigenvalue weighted by Gasteiger charge is -2.66. The van der Waals surface area contributed by atoms with Gasteiger partial charge in [0.05, 0.1) is 11.1 Å². The first kappa shape index (κ1) is 25.2. The van der Waals surface area contributed by atoms with Gasteiger partial charge >= 0.3 is 11.9 Å². The van der Waals surface area contributed by atoms with Crippen molar-refractivity contribution in [2.24, 2.45) is 23.2 Å². The molecule has 198 valence electrons. The molecule has 4 aliphatic rings. The van der Waals surface area contributed by atoms with Crippen LogP contribution in [0, 0.1) is 35.0 Å². The van der Waals surface area contributed by atoms with E-state index in [1.807, 2.05) is 12.1 Å². The molecule has 7 rings (SSSR count). The third-order valence-electron chi connectivity index (χ3n) is 9.77. The van der Waals surface area contributed by atoms with Crippen LogP contribution in [0.5, 0.6) is 11.5 Å². The first-order valence-corrected chi connectivity index (χ1v) is 13.7. The fourth-order valence-corrected chi connectivity index (χ4v) is 7.77. The molecule has 0 amide bonds. The number of carboxylic acid groups (broad SMARTS) is 2. The van der Waals surface area contributed by atoms with E-state index >= 15 is 0 Å². The SMILES string of the molecule is CC1(C)C2CC3CC(C2)CC1(c1ccc(Oc2ccc(C#Cc4cc(C(=O)O)ccc4C(=O)O)cc2)cc1)C3. The monoisotopic (exact) mass is 520 g/mol. The van der Waals surface area contributed by atoms with Gasteiger partial charge in [-0.1, -0.05) is 37.8 Å². The Hall–Kier alpha value is -4.04. The lowest BCUT2D eigenvalue weighted by Crippen LogP contribution is -2.59. The zero-order chi connectivity index (χ0) is 27.4. The molecular formula is C34H32O5. The maximum Gasteiger partial charge on any atom is 0.336 e. The van der Waals surface area contributed by atoms with Crippen molar-refractivity contribution in [2.45, 2.75) is 51.4 Å². The molecular weight excluding hydrogens is 488 g/mol. The predicted molar refractivity (Wildman–Crippen MR) is 148 cm³/mol. The van der Waals surface area contributed by atoms with Crippen LogP contribution in [0.4, 0.5) is 0 Å². The Morgan fingerprint density at radius 3 is 2.00 bits per heavy atom. The topological polar surface area (TPSA) is 83.8 Å². The average molecular weight is 521 g/mol. The summed E-state index contributed by atoms with van der Waals surface area (Å²) in [5.41, 5.74) is 2.82. The molecule has 5 nitrogen and oxygen atoms in total. The van der Waals surface area contributed by atoms with E-state index in [1.165, 1.54) is 55.9 Å². The highest BCUT2D eigenvalue weighted by Crippen LogP contribution is 2.68. The van der Waals surface area contributed by atoms with Crippen molar-refractivity contribution in [1.82, 2.24) is 0 Å². The lowest BCUT2D eigenvalue weighted by molar-refractivity contribution is -0.113. The second kappa shape index (κ2) is 9.31. The minimum absolute atomic E-state index is 0.00850. The van der Waals surface area contributed by atoms with Crippen LogP contribution in [0.15, 0.2) is 66.7 Å². The van der Waals surface area contributed by atoms with Gasteiger partial charge in [-0.3, -0.25) is 0 Å². The highest BCUT2D eigenvalue weighted by Gasteiger charge is 2.61. The zero-order valence-corrected chi connectivity index (χ0v) is 22.2. The first-order valence-electron chi connectivity index (χ1n) is 13.7. The molecule has 0 radical (unpaired) electrons. The third-order valence-corrected chi connectivity index (χ3v) is 9.77. The largest absolute Gasteiger partial charge is 0.478 e. The smallest absolute Gasteiger partial charge is 0.336 e. The van der Waals surface area contributed by atoms with E-state index in [0.717, 1.165) is 23.5 Å². The standard InChI is InChI=1S/C34H32O5/c1-33(2)27-16-22-15-23(17-27)20-34(33,19-22)26-8-12-29(13-9-26)39-28-10-4-21(5-11-28)3-6-24-18-25(31(35)36)7-14-30(24)32(37)38/h4-5,7-14,18,22-23,27H,15-17,19-20H2,1-2H3,(H,35,36)(H,37,38). The second-order valence-corrected chi connectivity index (χ2v) is 12.1. The number of aromatic carboxylic acids is 2. The Balaban J connectivity index is 1.18. The van der Waals surface area contributed by atoms with Crippen LogP contribution in [0.3, 0.4) is 0 Å². The van der Waals surface area contributed by atoms with Crippen molar-refractivity contribution >= 4 is 11.9 Å². The minimum Gasteiger partial charge on any atom is -0.478 e. The van der Waals surface area contributed by atoms with E-state index in [2.05, 4.69) is 50.0 Å². The number of carboxylic acids is 2. The Kier molecular flexibility index (Phi) is 6.03. The summed E-state index contributed by atoms with van der Waals surface area (Å²) >= 11 is 0. The molecule has 3 aromatic rings. The maximum absolute atomic E-state index is 11.5. The molecule has 3 aromatic carbocycles. The average Bonchev–Trinajstić information content (AvgIpc) is 2.91. The third kappa shape index (κ3) is 4.38. The summed E-state index contributed by atoms with van der Waals surface area (Å²) in [6, 6.07) is 19.8. The number of hydrogen-bond acceptors (Lipinski definition) is 3. The van der Waals surface area contributed by atoms with Crippen molar-refractivity contribution in [3.8, 4) is 23.3 Å². The normalized spacial score (nSPS) is 25.9. The molecule has 2 unspecified atom stereocenters. The van der Waals surface area contributed by atoms with E-state index in [-0.39, 0.29) is 22.1 Å². The van der Waals surface area contributed by atoms with Crippen molar-refractivity contribution in [1.29, 1.82) is 0 Å². The van der Waals surface area contributed by atoms with Crippen LogP contribution in [0.2, 0.25) is 0 Å². The van der Waals surface area contributed by atoms with Crippen LogP contribution >= 0.6 is 0 Å². The van der Waals surface area contributed by atoms with Crippen LogP contribution in [0.1, 0.15) is 83.4 Å². The highest BCUT2D eigenvalue weighted by molar-refractivity contribution is 5.94. The molecule has 2 N–H and O–H groups in total. The van der Waals surface area contributed by atoms with Gasteiger partial charge in [0, 0.05) is 16.5 Å². The molecule has 0 aliphatic heterocycles. The molecule has 4 bridgehead atoms. The summed E-state index contributed by atoms with van der Waals surface area (Å²) in [7, 11) is 0. The number of hydrogen-bond donors (Lipinski definition) is 2. The van der Waals surface area contributed by atoms with E-state index in [9.17, 15) is 19.8 Å². The van der Waals surface area contributed by atoms with Crippen LogP contribution in [0.25, 0.3) is 0 Å². The molecule has 0 heterocycles. The molecule has 5 heteroatoms. The second-order valence-electron chi connectivity index (χ2n) is 12.1. The van der Waals surface area contributed by atoms with E-state index in [1.54, 1.807) is 12.1 Å². The van der Waals surface area contributed by atoms with E-state index < -0.39 is 11.9 Å². The molecule has 4 fully saturated rings. The predicted octanol–water partition coefficient (Wildman–Crippen LogP) is 7.38. The Labute approximate surface area is 228 Å². The van der Waals surface area contributed by atoms with Crippen molar-refractivity contribution in [3.63, 3.8) is 0 Å². The van der Waals surface area contributed by atoms with Gasteiger partial charge in [-0.05, 0) is 115 Å². The molecule has 0 aromatic heterocycles. The Bertz CT molecular complexity index is 1490. The van der Waals surface area contributed by atoms with Gasteiger partial charge < -0.3 is 14.9 Å². The van der Waals surface area contributed by atoms with Crippen molar-refractivity contribution in [3.05, 3.63) is 94.5 Å². The molecule has 0 saturated heterocycles. The molecule has 0 spiro atoms. The minimum atomic E-state index is -1.15.